The van der Waals surface area contributed by atoms with Crippen molar-refractivity contribution in [2.45, 2.75) is 52.9 Å². The minimum atomic E-state index is 1.02. The zero-order valence-electron chi connectivity index (χ0n) is 9.42. The molecule has 0 heterocycles. The Kier molecular flexibility index (Phi) is 2.67. The lowest BCUT2D eigenvalue weighted by molar-refractivity contribution is 0.0279. The van der Waals surface area contributed by atoms with Crippen molar-refractivity contribution in [3.05, 3.63) is 0 Å². The highest BCUT2D eigenvalue weighted by atomic mass is 14.5. The van der Waals surface area contributed by atoms with E-state index < -0.39 is 0 Å². The molecule has 0 aliphatic heterocycles. The fourth-order valence-electron chi connectivity index (χ4n) is 3.95. The highest BCUT2D eigenvalue weighted by Crippen LogP contribution is 2.51. The molecule has 0 nitrogen and oxygen atoms in total. The second kappa shape index (κ2) is 3.63. The molecule has 0 aromatic rings. The highest BCUT2D eigenvalue weighted by Gasteiger charge is 2.43. The van der Waals surface area contributed by atoms with Crippen LogP contribution in [-0.4, -0.2) is 0 Å². The molecular weight excluding hydrogens is 156 g/mol. The van der Waals surface area contributed by atoms with Crippen LogP contribution in [-0.2, 0) is 0 Å². The second-order valence-corrected chi connectivity index (χ2v) is 5.64. The van der Waals surface area contributed by atoms with E-state index in [0.29, 0.717) is 0 Å². The number of rotatable bonds is 2. The van der Waals surface area contributed by atoms with Crippen LogP contribution in [0.25, 0.3) is 0 Å². The molecule has 0 bridgehead atoms. The van der Waals surface area contributed by atoms with Crippen molar-refractivity contribution in [1.29, 1.82) is 0 Å². The van der Waals surface area contributed by atoms with Gasteiger partial charge in [-0.3, -0.25) is 0 Å². The number of hydrogen-bond acceptors (Lipinski definition) is 0. The smallest absolute Gasteiger partial charge is 0.0331 e. The third-order valence-electron chi connectivity index (χ3n) is 4.68. The molecule has 2 saturated carbocycles. The van der Waals surface area contributed by atoms with E-state index in [1.54, 1.807) is 0 Å². The van der Waals surface area contributed by atoms with Crippen LogP contribution >= 0.6 is 0 Å². The average Bonchev–Trinajstić information content (AvgIpc) is 2.47. The first-order valence-corrected chi connectivity index (χ1v) is 6.22. The molecule has 0 amide bonds. The molecule has 0 aromatic heterocycles. The van der Waals surface area contributed by atoms with Crippen molar-refractivity contribution in [1.82, 2.24) is 0 Å². The van der Waals surface area contributed by atoms with Gasteiger partial charge in [-0.15, -0.1) is 0 Å². The van der Waals surface area contributed by atoms with Gasteiger partial charge in [-0.2, -0.15) is 0 Å². The predicted molar refractivity (Wildman–Crippen MR) is 57.6 cm³/mol. The van der Waals surface area contributed by atoms with E-state index in [2.05, 4.69) is 20.8 Å². The summed E-state index contributed by atoms with van der Waals surface area (Å²) in [6.07, 6.45) is 7.52. The lowest BCUT2D eigenvalue weighted by atomic mass is 9.59. The highest BCUT2D eigenvalue weighted by molar-refractivity contribution is 4.92. The quantitative estimate of drug-likeness (QED) is 0.600. The van der Waals surface area contributed by atoms with E-state index in [0.717, 1.165) is 29.6 Å². The van der Waals surface area contributed by atoms with Gasteiger partial charge in [0, 0.05) is 0 Å². The third kappa shape index (κ3) is 1.65. The summed E-state index contributed by atoms with van der Waals surface area (Å²) in [4.78, 5) is 0. The van der Waals surface area contributed by atoms with Crippen LogP contribution in [0.1, 0.15) is 52.9 Å². The third-order valence-corrected chi connectivity index (χ3v) is 4.68. The Balaban J connectivity index is 1.92. The lowest BCUT2D eigenvalue weighted by Gasteiger charge is -2.46. The molecule has 0 aromatic carbocycles. The molecule has 0 spiro atoms. The Morgan fingerprint density at radius 1 is 1.08 bits per heavy atom. The van der Waals surface area contributed by atoms with Gasteiger partial charge in [0.1, 0.15) is 0 Å². The van der Waals surface area contributed by atoms with Gasteiger partial charge < -0.3 is 0 Å². The van der Waals surface area contributed by atoms with Gasteiger partial charge in [0.2, 0.25) is 0 Å². The molecule has 13 heavy (non-hydrogen) atoms. The summed E-state index contributed by atoms with van der Waals surface area (Å²) in [5, 5.41) is 0. The maximum Gasteiger partial charge on any atom is -0.0331 e. The average molecular weight is 180 g/mol. The van der Waals surface area contributed by atoms with Crippen molar-refractivity contribution in [2.24, 2.45) is 29.6 Å². The minimum Gasteiger partial charge on any atom is -0.0651 e. The standard InChI is InChI=1S/C13H24/c1-4-11-8-10(3)13(11)12-6-5-9(2)7-12/h9-13H,4-8H2,1-3H3. The monoisotopic (exact) mass is 180 g/mol. The van der Waals surface area contributed by atoms with E-state index in [4.69, 9.17) is 0 Å². The summed E-state index contributed by atoms with van der Waals surface area (Å²) in [7, 11) is 0. The molecule has 76 valence electrons. The van der Waals surface area contributed by atoms with Gasteiger partial charge in [0.15, 0.2) is 0 Å². The van der Waals surface area contributed by atoms with Crippen LogP contribution in [0.15, 0.2) is 0 Å². The molecule has 2 fully saturated rings. The predicted octanol–water partition coefficient (Wildman–Crippen LogP) is 4.10. The Bertz CT molecular complexity index is 173. The SMILES string of the molecule is CCC1CC(C)C1C1CCC(C)C1. The fraction of sp³-hybridized carbons (Fsp3) is 1.00. The Hall–Kier alpha value is 0. The molecule has 2 aliphatic carbocycles. The van der Waals surface area contributed by atoms with E-state index in [1.165, 1.54) is 32.1 Å². The summed E-state index contributed by atoms with van der Waals surface area (Å²) in [6, 6.07) is 0. The van der Waals surface area contributed by atoms with Crippen molar-refractivity contribution in [2.75, 3.05) is 0 Å². The maximum absolute atomic E-state index is 2.47. The van der Waals surface area contributed by atoms with Gasteiger partial charge in [-0.1, -0.05) is 33.6 Å². The molecule has 2 aliphatic rings. The summed E-state index contributed by atoms with van der Waals surface area (Å²) >= 11 is 0. The van der Waals surface area contributed by atoms with Gasteiger partial charge in [-0.25, -0.2) is 0 Å². The van der Waals surface area contributed by atoms with Crippen LogP contribution in [0.5, 0.6) is 0 Å². The van der Waals surface area contributed by atoms with Gasteiger partial charge in [0.05, 0.1) is 0 Å². The van der Waals surface area contributed by atoms with Crippen molar-refractivity contribution < 1.29 is 0 Å². The van der Waals surface area contributed by atoms with E-state index in [-0.39, 0.29) is 0 Å². The fourth-order valence-corrected chi connectivity index (χ4v) is 3.95. The molecule has 2 rings (SSSR count). The number of hydrogen-bond donors (Lipinski definition) is 0. The zero-order chi connectivity index (χ0) is 9.42. The summed E-state index contributed by atoms with van der Waals surface area (Å²) < 4.78 is 0. The molecule has 0 heteroatoms. The molecule has 0 radical (unpaired) electrons. The molecule has 5 unspecified atom stereocenters. The Morgan fingerprint density at radius 2 is 1.85 bits per heavy atom. The first kappa shape index (κ1) is 9.55. The topological polar surface area (TPSA) is 0 Å². The van der Waals surface area contributed by atoms with Gasteiger partial charge >= 0.3 is 0 Å². The van der Waals surface area contributed by atoms with Gasteiger partial charge in [0.25, 0.3) is 0 Å². The van der Waals surface area contributed by atoms with Crippen molar-refractivity contribution >= 4 is 0 Å². The molecular formula is C13H24. The molecule has 0 N–H and O–H groups in total. The van der Waals surface area contributed by atoms with Crippen LogP contribution < -0.4 is 0 Å². The largest absolute Gasteiger partial charge is 0.0651 e. The van der Waals surface area contributed by atoms with Gasteiger partial charge in [-0.05, 0) is 48.9 Å². The minimum absolute atomic E-state index is 1.02. The summed E-state index contributed by atoms with van der Waals surface area (Å²) in [5.41, 5.74) is 0. The van der Waals surface area contributed by atoms with E-state index in [9.17, 15) is 0 Å². The van der Waals surface area contributed by atoms with Crippen LogP contribution in [0.3, 0.4) is 0 Å². The lowest BCUT2D eigenvalue weighted by Crippen LogP contribution is -2.39. The summed E-state index contributed by atoms with van der Waals surface area (Å²) in [6.45, 7) is 7.28. The second-order valence-electron chi connectivity index (χ2n) is 5.64. The van der Waals surface area contributed by atoms with E-state index in [1.807, 2.05) is 0 Å². The van der Waals surface area contributed by atoms with E-state index >= 15 is 0 Å². The Morgan fingerprint density at radius 3 is 2.31 bits per heavy atom. The van der Waals surface area contributed by atoms with Crippen molar-refractivity contribution in [3.8, 4) is 0 Å². The van der Waals surface area contributed by atoms with Crippen molar-refractivity contribution in [3.63, 3.8) is 0 Å². The van der Waals surface area contributed by atoms with Crippen LogP contribution in [0.2, 0.25) is 0 Å². The summed E-state index contributed by atoms with van der Waals surface area (Å²) in [5.74, 6) is 5.36. The maximum atomic E-state index is 2.47. The zero-order valence-corrected chi connectivity index (χ0v) is 9.42. The first-order chi connectivity index (χ1) is 6.22. The normalized spacial score (nSPS) is 50.5. The molecule has 5 atom stereocenters. The van der Waals surface area contributed by atoms with Crippen LogP contribution in [0.4, 0.5) is 0 Å². The van der Waals surface area contributed by atoms with Crippen LogP contribution in [0, 0.1) is 29.6 Å². The Labute approximate surface area is 83.1 Å². The first-order valence-electron chi connectivity index (χ1n) is 6.22. The molecule has 0 saturated heterocycles.